The molecule has 0 heterocycles. The fourth-order valence-corrected chi connectivity index (χ4v) is 2.13. The molecule has 4 nitrogen and oxygen atoms in total. The van der Waals surface area contributed by atoms with Gasteiger partial charge in [-0.3, -0.25) is 0 Å². The summed E-state index contributed by atoms with van der Waals surface area (Å²) < 4.78 is 16.5. The first-order chi connectivity index (χ1) is 9.92. The molecule has 0 amide bonds. The van der Waals surface area contributed by atoms with Gasteiger partial charge in [0.1, 0.15) is 12.2 Å². The fourth-order valence-electron chi connectivity index (χ4n) is 2.13. The van der Waals surface area contributed by atoms with Crippen LogP contribution in [0.15, 0.2) is 30.3 Å². The molecular weight excluding hydrogens is 268 g/mol. The molecule has 2 rings (SSSR count). The first-order valence-electron chi connectivity index (χ1n) is 7.41. The Morgan fingerprint density at radius 1 is 1.10 bits per heavy atom. The van der Waals surface area contributed by atoms with Gasteiger partial charge in [-0.15, -0.1) is 0 Å². The van der Waals surface area contributed by atoms with Crippen LogP contribution in [-0.2, 0) is 25.6 Å². The zero-order valence-corrected chi connectivity index (χ0v) is 13.0. The van der Waals surface area contributed by atoms with Crippen LogP contribution in [-0.4, -0.2) is 30.4 Å². The van der Waals surface area contributed by atoms with E-state index in [9.17, 15) is 4.79 Å². The molecule has 0 saturated heterocycles. The average molecular weight is 292 g/mol. The highest BCUT2D eigenvalue weighted by Gasteiger charge is 2.31. The zero-order valence-electron chi connectivity index (χ0n) is 13.0. The molecule has 0 unspecified atom stereocenters. The Morgan fingerprint density at radius 2 is 1.71 bits per heavy atom. The number of ether oxygens (including phenoxy) is 3. The summed E-state index contributed by atoms with van der Waals surface area (Å²) in [6, 6.07) is 10.1. The number of benzene rings is 1. The predicted molar refractivity (Wildman–Crippen MR) is 79.8 cm³/mol. The maximum absolute atomic E-state index is 11.5. The van der Waals surface area contributed by atoms with E-state index in [0.29, 0.717) is 6.61 Å². The molecule has 1 aromatic carbocycles. The van der Waals surface area contributed by atoms with Crippen molar-refractivity contribution in [3.05, 3.63) is 35.9 Å². The molecule has 0 atom stereocenters. The smallest absolute Gasteiger partial charge is 0.332 e. The monoisotopic (exact) mass is 292 g/mol. The molecule has 1 aromatic rings. The fraction of sp³-hybridized carbons (Fsp3) is 0.588. The highest BCUT2D eigenvalue weighted by molar-refractivity contribution is 5.71. The van der Waals surface area contributed by atoms with Gasteiger partial charge in [0, 0.05) is 0 Å². The molecule has 21 heavy (non-hydrogen) atoms. The van der Waals surface area contributed by atoms with Crippen molar-refractivity contribution in [2.75, 3.05) is 6.61 Å². The van der Waals surface area contributed by atoms with Crippen LogP contribution >= 0.6 is 0 Å². The van der Waals surface area contributed by atoms with Crippen molar-refractivity contribution in [3.63, 3.8) is 0 Å². The van der Waals surface area contributed by atoms with Crippen molar-refractivity contribution >= 4 is 5.97 Å². The molecule has 4 heteroatoms. The van der Waals surface area contributed by atoms with Gasteiger partial charge in [-0.25, -0.2) is 4.79 Å². The van der Waals surface area contributed by atoms with Gasteiger partial charge in [-0.2, -0.15) is 0 Å². The van der Waals surface area contributed by atoms with E-state index in [-0.39, 0.29) is 24.8 Å². The highest BCUT2D eigenvalue weighted by Crippen LogP contribution is 2.27. The van der Waals surface area contributed by atoms with Crippen molar-refractivity contribution < 1.29 is 19.0 Å². The lowest BCUT2D eigenvalue weighted by molar-refractivity contribution is -0.169. The first kappa shape index (κ1) is 16.0. The Kier molecular flexibility index (Phi) is 5.37. The van der Waals surface area contributed by atoms with Gasteiger partial charge in [0.25, 0.3) is 0 Å². The lowest BCUT2D eigenvalue weighted by atomic mass is 9.92. The van der Waals surface area contributed by atoms with E-state index >= 15 is 0 Å². The lowest BCUT2D eigenvalue weighted by Gasteiger charge is -2.34. The molecule has 0 bridgehead atoms. The van der Waals surface area contributed by atoms with Crippen LogP contribution in [0, 0.1) is 0 Å². The third-order valence-electron chi connectivity index (χ3n) is 3.24. The Hall–Kier alpha value is -1.39. The summed E-state index contributed by atoms with van der Waals surface area (Å²) in [6.45, 7) is 6.20. The third-order valence-corrected chi connectivity index (χ3v) is 3.24. The molecule has 0 aliphatic heterocycles. The van der Waals surface area contributed by atoms with Gasteiger partial charge in [-0.1, -0.05) is 30.3 Å². The molecule has 0 spiro atoms. The number of carbonyl (C=O) groups is 1. The maximum Gasteiger partial charge on any atom is 0.332 e. The minimum atomic E-state index is -0.457. The van der Waals surface area contributed by atoms with E-state index in [0.717, 1.165) is 12.8 Å². The zero-order chi connectivity index (χ0) is 15.3. The van der Waals surface area contributed by atoms with Crippen molar-refractivity contribution in [3.8, 4) is 0 Å². The largest absolute Gasteiger partial charge is 0.458 e. The van der Waals surface area contributed by atoms with E-state index < -0.39 is 5.60 Å². The Bertz CT molecular complexity index is 444. The van der Waals surface area contributed by atoms with Crippen LogP contribution in [0.3, 0.4) is 0 Å². The SMILES string of the molecule is CC(C)(C)OC(=O)CO[C@H]1C[C@@H](OCc2ccccc2)C1. The second kappa shape index (κ2) is 7.05. The van der Waals surface area contributed by atoms with E-state index in [2.05, 4.69) is 12.1 Å². The number of rotatable bonds is 6. The Balaban J connectivity index is 1.56. The van der Waals surface area contributed by atoms with E-state index in [1.807, 2.05) is 39.0 Å². The van der Waals surface area contributed by atoms with Crippen molar-refractivity contribution in [1.82, 2.24) is 0 Å². The summed E-state index contributed by atoms with van der Waals surface area (Å²) in [5, 5.41) is 0. The van der Waals surface area contributed by atoms with Gasteiger partial charge >= 0.3 is 5.97 Å². The van der Waals surface area contributed by atoms with Crippen molar-refractivity contribution in [2.24, 2.45) is 0 Å². The summed E-state index contributed by atoms with van der Waals surface area (Å²) in [7, 11) is 0. The van der Waals surface area contributed by atoms with Crippen LogP contribution in [0.5, 0.6) is 0 Å². The number of esters is 1. The summed E-state index contributed by atoms with van der Waals surface area (Å²) in [5.74, 6) is -0.309. The second-order valence-electron chi connectivity index (χ2n) is 6.41. The van der Waals surface area contributed by atoms with Crippen LogP contribution in [0.4, 0.5) is 0 Å². The summed E-state index contributed by atoms with van der Waals surface area (Å²) in [6.07, 6.45) is 2.03. The first-order valence-corrected chi connectivity index (χ1v) is 7.41. The predicted octanol–water partition coefficient (Wildman–Crippen LogP) is 3.09. The van der Waals surface area contributed by atoms with Crippen LogP contribution < -0.4 is 0 Å². The van der Waals surface area contributed by atoms with Gasteiger partial charge in [0.15, 0.2) is 0 Å². The molecule has 0 N–H and O–H groups in total. The second-order valence-corrected chi connectivity index (χ2v) is 6.41. The van der Waals surface area contributed by atoms with Crippen molar-refractivity contribution in [1.29, 1.82) is 0 Å². The van der Waals surface area contributed by atoms with Crippen molar-refractivity contribution in [2.45, 2.75) is 58.0 Å². The van der Waals surface area contributed by atoms with E-state index in [1.54, 1.807) is 0 Å². The Labute approximate surface area is 126 Å². The molecule has 1 aliphatic carbocycles. The summed E-state index contributed by atoms with van der Waals surface area (Å²) >= 11 is 0. The van der Waals surface area contributed by atoms with Gasteiger partial charge in [0.05, 0.1) is 18.8 Å². The Morgan fingerprint density at radius 3 is 2.33 bits per heavy atom. The average Bonchev–Trinajstić information content (AvgIpc) is 2.35. The van der Waals surface area contributed by atoms with Crippen LogP contribution in [0.2, 0.25) is 0 Å². The number of hydrogen-bond donors (Lipinski definition) is 0. The standard InChI is InChI=1S/C17H24O4/c1-17(2,3)21-16(18)12-20-15-9-14(10-15)19-11-13-7-5-4-6-8-13/h4-8,14-15H,9-12H2,1-3H3/t14-,15+. The van der Waals surface area contributed by atoms with E-state index in [1.165, 1.54) is 5.56 Å². The number of hydrogen-bond acceptors (Lipinski definition) is 4. The lowest BCUT2D eigenvalue weighted by Crippen LogP contribution is -2.39. The minimum Gasteiger partial charge on any atom is -0.458 e. The van der Waals surface area contributed by atoms with Gasteiger partial charge in [0.2, 0.25) is 0 Å². The summed E-state index contributed by atoms with van der Waals surface area (Å²) in [5.41, 5.74) is 0.720. The van der Waals surface area contributed by atoms with Gasteiger partial charge < -0.3 is 14.2 Å². The molecule has 1 fully saturated rings. The minimum absolute atomic E-state index is 0.0212. The number of carbonyl (C=O) groups excluding carboxylic acids is 1. The summed E-state index contributed by atoms with van der Waals surface area (Å²) in [4.78, 5) is 11.5. The molecule has 0 radical (unpaired) electrons. The van der Waals surface area contributed by atoms with E-state index in [4.69, 9.17) is 14.2 Å². The van der Waals surface area contributed by atoms with Crippen LogP contribution in [0.1, 0.15) is 39.2 Å². The third kappa shape index (κ3) is 5.86. The topological polar surface area (TPSA) is 44.8 Å². The maximum atomic E-state index is 11.5. The van der Waals surface area contributed by atoms with Gasteiger partial charge in [-0.05, 0) is 39.2 Å². The molecule has 1 aliphatic rings. The molecule has 1 saturated carbocycles. The molecular formula is C17H24O4. The normalized spacial score (nSPS) is 21.7. The molecule has 116 valence electrons. The molecule has 0 aromatic heterocycles. The van der Waals surface area contributed by atoms with Crippen LogP contribution in [0.25, 0.3) is 0 Å². The highest BCUT2D eigenvalue weighted by atomic mass is 16.6. The quantitative estimate of drug-likeness (QED) is 0.756.